The van der Waals surface area contributed by atoms with E-state index < -0.39 is 5.97 Å². The number of pyridine rings is 1. The van der Waals surface area contributed by atoms with Crippen molar-refractivity contribution >= 4 is 18.4 Å². The Hall–Kier alpha value is -3.00. The fourth-order valence-electron chi connectivity index (χ4n) is 1.79. The highest BCUT2D eigenvalue weighted by atomic mass is 35.5. The topological polar surface area (TPSA) is 114 Å². The quantitative estimate of drug-likeness (QED) is 0.752. The number of aromatic carboxylic acids is 1. The lowest BCUT2D eigenvalue weighted by Gasteiger charge is -2.04. The molecule has 8 nitrogen and oxygen atoms in total. The van der Waals surface area contributed by atoms with Gasteiger partial charge >= 0.3 is 5.97 Å². The first-order chi connectivity index (χ1) is 10.1. The Labute approximate surface area is 130 Å². The van der Waals surface area contributed by atoms with E-state index in [0.717, 1.165) is 0 Å². The third-order valence-electron chi connectivity index (χ3n) is 2.71. The maximum absolute atomic E-state index is 11.1. The van der Waals surface area contributed by atoms with Crippen molar-refractivity contribution in [3.63, 3.8) is 0 Å². The van der Waals surface area contributed by atoms with Crippen molar-refractivity contribution in [2.45, 2.75) is 0 Å². The summed E-state index contributed by atoms with van der Waals surface area (Å²) < 4.78 is 1.32. The highest BCUT2D eigenvalue weighted by Crippen LogP contribution is 2.21. The first-order valence-corrected chi connectivity index (χ1v) is 5.93. The van der Waals surface area contributed by atoms with E-state index in [1.165, 1.54) is 22.9 Å². The van der Waals surface area contributed by atoms with Gasteiger partial charge in [-0.2, -0.15) is 5.10 Å². The molecule has 0 amide bonds. The number of carbonyl (C=O) groups is 1. The zero-order valence-electron chi connectivity index (χ0n) is 11.0. The molecule has 2 N–H and O–H groups in total. The molecule has 0 atom stereocenters. The summed E-state index contributed by atoms with van der Waals surface area (Å²) in [7, 11) is 0. The van der Waals surface area contributed by atoms with Crippen LogP contribution in [0.3, 0.4) is 0 Å². The van der Waals surface area contributed by atoms with Crippen molar-refractivity contribution in [2.75, 3.05) is 0 Å². The molecule has 112 valence electrons. The molecule has 0 spiro atoms. The minimum atomic E-state index is -1.15. The molecule has 22 heavy (non-hydrogen) atoms. The van der Waals surface area contributed by atoms with Crippen molar-refractivity contribution < 1.29 is 15.0 Å². The Morgan fingerprint density at radius 3 is 2.55 bits per heavy atom. The molecule has 0 saturated carbocycles. The molecule has 3 aromatic rings. The molecular formula is C13H10ClN5O3. The SMILES string of the molecule is Cl.O=C(O)c1cc(-c2ccccn2)n(-c2ccc(O)nn2)n1. The number of aromatic nitrogens is 5. The predicted molar refractivity (Wildman–Crippen MR) is 78.3 cm³/mol. The van der Waals surface area contributed by atoms with Gasteiger partial charge in [0.15, 0.2) is 11.5 Å². The van der Waals surface area contributed by atoms with Crippen molar-refractivity contribution in [1.82, 2.24) is 25.0 Å². The van der Waals surface area contributed by atoms with Crippen LogP contribution >= 0.6 is 12.4 Å². The number of aromatic hydroxyl groups is 1. The first kappa shape index (κ1) is 15.4. The van der Waals surface area contributed by atoms with Gasteiger partial charge in [-0.3, -0.25) is 4.98 Å². The van der Waals surface area contributed by atoms with Crippen molar-refractivity contribution in [1.29, 1.82) is 0 Å². The van der Waals surface area contributed by atoms with Crippen molar-refractivity contribution in [3.05, 3.63) is 48.3 Å². The van der Waals surface area contributed by atoms with Gasteiger partial charge in [0, 0.05) is 18.3 Å². The van der Waals surface area contributed by atoms with Gasteiger partial charge in [-0.05, 0) is 18.2 Å². The van der Waals surface area contributed by atoms with Crippen LogP contribution < -0.4 is 0 Å². The lowest BCUT2D eigenvalue weighted by molar-refractivity contribution is 0.0690. The van der Waals surface area contributed by atoms with Crippen LogP contribution in [-0.2, 0) is 0 Å². The average molecular weight is 320 g/mol. The Morgan fingerprint density at radius 1 is 1.14 bits per heavy atom. The molecule has 3 aromatic heterocycles. The van der Waals surface area contributed by atoms with Crippen molar-refractivity contribution in [3.8, 4) is 23.1 Å². The van der Waals surface area contributed by atoms with Crippen LogP contribution in [0.1, 0.15) is 10.5 Å². The number of nitrogens with zero attached hydrogens (tertiary/aromatic N) is 5. The van der Waals surface area contributed by atoms with Crippen LogP contribution in [0.4, 0.5) is 0 Å². The standard InChI is InChI=1S/C13H9N5O3.ClH/c19-12-5-4-11(15-16-12)18-10(7-9(17-18)13(20)21)8-3-1-2-6-14-8;/h1-7H,(H,16,19)(H,20,21);1H. The summed E-state index contributed by atoms with van der Waals surface area (Å²) in [6, 6.07) is 9.48. The number of halogens is 1. The second-order valence-electron chi connectivity index (χ2n) is 4.10. The maximum Gasteiger partial charge on any atom is 0.356 e. The third-order valence-corrected chi connectivity index (χ3v) is 2.71. The summed E-state index contributed by atoms with van der Waals surface area (Å²) in [5, 5.41) is 29.5. The predicted octanol–water partition coefficient (Wildman–Crippen LogP) is 1.55. The van der Waals surface area contributed by atoms with E-state index in [-0.39, 0.29) is 29.8 Å². The summed E-state index contributed by atoms with van der Waals surface area (Å²) in [5.74, 6) is -1.11. The molecule has 0 bridgehead atoms. The minimum Gasteiger partial charge on any atom is -0.492 e. The molecule has 0 aliphatic carbocycles. The first-order valence-electron chi connectivity index (χ1n) is 5.93. The molecule has 0 radical (unpaired) electrons. The Morgan fingerprint density at radius 2 is 1.95 bits per heavy atom. The largest absolute Gasteiger partial charge is 0.492 e. The highest BCUT2D eigenvalue weighted by molar-refractivity contribution is 5.87. The van der Waals surface area contributed by atoms with Gasteiger partial charge in [0.1, 0.15) is 0 Å². The highest BCUT2D eigenvalue weighted by Gasteiger charge is 2.17. The Bertz CT molecular complexity index is 789. The van der Waals surface area contributed by atoms with Gasteiger partial charge in [-0.1, -0.05) is 6.07 Å². The summed E-state index contributed by atoms with van der Waals surface area (Å²) >= 11 is 0. The smallest absolute Gasteiger partial charge is 0.356 e. The van der Waals surface area contributed by atoms with Crippen LogP contribution in [0.25, 0.3) is 17.2 Å². The van der Waals surface area contributed by atoms with Gasteiger partial charge in [0.05, 0.1) is 11.4 Å². The Balaban J connectivity index is 0.00000176. The lowest BCUT2D eigenvalue weighted by atomic mass is 10.2. The van der Waals surface area contributed by atoms with Crippen LogP contribution in [0.15, 0.2) is 42.6 Å². The number of carboxylic acids is 1. The normalized spacial score (nSPS) is 10.0. The van der Waals surface area contributed by atoms with Gasteiger partial charge in [0.2, 0.25) is 5.88 Å². The van der Waals surface area contributed by atoms with E-state index in [9.17, 15) is 9.90 Å². The molecule has 3 heterocycles. The van der Waals surface area contributed by atoms with Crippen LogP contribution in [0.2, 0.25) is 0 Å². The van der Waals surface area contributed by atoms with Crippen LogP contribution in [0.5, 0.6) is 5.88 Å². The monoisotopic (exact) mass is 319 g/mol. The third kappa shape index (κ3) is 2.86. The van der Waals surface area contributed by atoms with E-state index in [2.05, 4.69) is 20.3 Å². The zero-order valence-corrected chi connectivity index (χ0v) is 11.8. The Kier molecular flexibility index (Phi) is 4.33. The van der Waals surface area contributed by atoms with Gasteiger partial charge in [-0.15, -0.1) is 22.6 Å². The summed E-state index contributed by atoms with van der Waals surface area (Å²) in [5.41, 5.74) is 0.880. The molecule has 0 aromatic carbocycles. The van der Waals surface area contributed by atoms with E-state index in [1.54, 1.807) is 24.4 Å². The molecule has 0 saturated heterocycles. The van der Waals surface area contributed by atoms with E-state index >= 15 is 0 Å². The molecule has 0 aliphatic heterocycles. The molecule has 3 rings (SSSR count). The van der Waals surface area contributed by atoms with Crippen LogP contribution in [0, 0.1) is 0 Å². The fraction of sp³-hybridized carbons (Fsp3) is 0. The van der Waals surface area contributed by atoms with Gasteiger partial charge in [-0.25, -0.2) is 9.48 Å². The number of hydrogen-bond acceptors (Lipinski definition) is 6. The number of hydrogen-bond donors (Lipinski definition) is 2. The molecule has 0 unspecified atom stereocenters. The fourth-order valence-corrected chi connectivity index (χ4v) is 1.79. The van der Waals surface area contributed by atoms with E-state index in [4.69, 9.17) is 5.11 Å². The zero-order chi connectivity index (χ0) is 14.8. The van der Waals surface area contributed by atoms with E-state index in [0.29, 0.717) is 11.4 Å². The summed E-state index contributed by atoms with van der Waals surface area (Å²) in [4.78, 5) is 15.3. The number of rotatable bonds is 3. The number of carboxylic acid groups (broad SMARTS) is 1. The van der Waals surface area contributed by atoms with Crippen LogP contribution in [-0.4, -0.2) is 41.1 Å². The van der Waals surface area contributed by atoms with Gasteiger partial charge in [0.25, 0.3) is 0 Å². The molecular weight excluding hydrogens is 310 g/mol. The van der Waals surface area contributed by atoms with E-state index in [1.807, 2.05) is 0 Å². The molecule has 0 aliphatic rings. The second-order valence-corrected chi connectivity index (χ2v) is 4.10. The van der Waals surface area contributed by atoms with Gasteiger partial charge < -0.3 is 10.2 Å². The minimum absolute atomic E-state index is 0. The average Bonchev–Trinajstić information content (AvgIpc) is 2.94. The van der Waals surface area contributed by atoms with Crippen molar-refractivity contribution in [2.24, 2.45) is 0 Å². The molecule has 0 fully saturated rings. The maximum atomic E-state index is 11.1. The lowest BCUT2D eigenvalue weighted by Crippen LogP contribution is -2.05. The second kappa shape index (κ2) is 6.19. The molecule has 9 heteroatoms. The summed E-state index contributed by atoms with van der Waals surface area (Å²) in [6.45, 7) is 0. The summed E-state index contributed by atoms with van der Waals surface area (Å²) in [6.07, 6.45) is 1.59.